The molecule has 0 bridgehead atoms. The fourth-order valence-corrected chi connectivity index (χ4v) is 3.36. The molecule has 126 valence electrons. The number of rotatable bonds is 11. The minimum Gasteiger partial charge on any atom is -0.469 e. The van der Waals surface area contributed by atoms with Crippen LogP contribution in [-0.4, -0.2) is 18.9 Å². The van der Waals surface area contributed by atoms with E-state index in [-0.39, 0.29) is 11.9 Å². The average Bonchev–Trinajstić information content (AvgIpc) is 2.87. The van der Waals surface area contributed by atoms with E-state index >= 15 is 0 Å². The molecule has 0 aromatic rings. The third-order valence-electron chi connectivity index (χ3n) is 4.72. The summed E-state index contributed by atoms with van der Waals surface area (Å²) in [4.78, 5) is 23.0. The van der Waals surface area contributed by atoms with Gasteiger partial charge in [0.25, 0.3) is 0 Å². The standard InChI is InChI=1S/C19H32O3/c1-3-4-8-12-17-16(14-15-18(17)20)11-9-6-5-7-10-13-19(21)22-2/h4,8,16-17H,3,5-7,9-15H2,1-2H3/b8-4-/t16-,17+/m0/s1. The Labute approximate surface area is 135 Å². The van der Waals surface area contributed by atoms with Crippen LogP contribution in [0.15, 0.2) is 12.2 Å². The van der Waals surface area contributed by atoms with Crippen LogP contribution < -0.4 is 0 Å². The summed E-state index contributed by atoms with van der Waals surface area (Å²) in [5, 5.41) is 0. The van der Waals surface area contributed by atoms with Gasteiger partial charge in [0.2, 0.25) is 0 Å². The molecule has 0 radical (unpaired) electrons. The Balaban J connectivity index is 2.11. The minimum atomic E-state index is -0.104. The Bertz CT molecular complexity index is 360. The zero-order valence-corrected chi connectivity index (χ0v) is 14.3. The van der Waals surface area contributed by atoms with Crippen molar-refractivity contribution >= 4 is 11.8 Å². The number of carbonyl (C=O) groups is 2. The smallest absolute Gasteiger partial charge is 0.305 e. The van der Waals surface area contributed by atoms with Crippen LogP contribution in [0.25, 0.3) is 0 Å². The van der Waals surface area contributed by atoms with Crippen molar-refractivity contribution in [1.29, 1.82) is 0 Å². The zero-order valence-electron chi connectivity index (χ0n) is 14.3. The van der Waals surface area contributed by atoms with Crippen molar-refractivity contribution in [2.75, 3.05) is 7.11 Å². The molecule has 0 saturated heterocycles. The van der Waals surface area contributed by atoms with E-state index in [0.717, 1.165) is 38.5 Å². The number of hydrogen-bond donors (Lipinski definition) is 0. The van der Waals surface area contributed by atoms with Crippen molar-refractivity contribution in [2.45, 2.75) is 77.6 Å². The van der Waals surface area contributed by atoms with E-state index < -0.39 is 0 Å². The van der Waals surface area contributed by atoms with Crippen LogP contribution in [0, 0.1) is 11.8 Å². The Hall–Kier alpha value is -1.12. The van der Waals surface area contributed by atoms with Gasteiger partial charge in [-0.1, -0.05) is 44.8 Å². The first-order valence-corrected chi connectivity index (χ1v) is 8.93. The number of unbranched alkanes of at least 4 members (excludes halogenated alkanes) is 4. The molecule has 0 heterocycles. The Morgan fingerprint density at radius 1 is 1.18 bits per heavy atom. The van der Waals surface area contributed by atoms with Gasteiger partial charge in [0.15, 0.2) is 0 Å². The summed E-state index contributed by atoms with van der Waals surface area (Å²) < 4.78 is 4.63. The maximum Gasteiger partial charge on any atom is 0.305 e. The molecule has 1 aliphatic rings. The number of hydrogen-bond acceptors (Lipinski definition) is 3. The van der Waals surface area contributed by atoms with Gasteiger partial charge in [-0.15, -0.1) is 0 Å². The van der Waals surface area contributed by atoms with Crippen LogP contribution >= 0.6 is 0 Å². The molecular formula is C19H32O3. The van der Waals surface area contributed by atoms with Crippen molar-refractivity contribution in [2.24, 2.45) is 11.8 Å². The quantitative estimate of drug-likeness (QED) is 0.311. The van der Waals surface area contributed by atoms with Crippen molar-refractivity contribution in [3.63, 3.8) is 0 Å². The maximum atomic E-state index is 12.0. The Morgan fingerprint density at radius 2 is 1.91 bits per heavy atom. The van der Waals surface area contributed by atoms with Gasteiger partial charge in [-0.05, 0) is 38.0 Å². The maximum absolute atomic E-state index is 12.0. The van der Waals surface area contributed by atoms with Gasteiger partial charge in [0, 0.05) is 18.8 Å². The number of ketones is 1. The van der Waals surface area contributed by atoms with Crippen molar-refractivity contribution < 1.29 is 14.3 Å². The molecule has 0 unspecified atom stereocenters. The Morgan fingerprint density at radius 3 is 2.64 bits per heavy atom. The second-order valence-electron chi connectivity index (χ2n) is 6.37. The first-order chi connectivity index (χ1) is 10.7. The monoisotopic (exact) mass is 308 g/mol. The predicted molar refractivity (Wildman–Crippen MR) is 89.6 cm³/mol. The lowest BCUT2D eigenvalue weighted by molar-refractivity contribution is -0.140. The second kappa shape index (κ2) is 11.4. The van der Waals surface area contributed by atoms with Crippen LogP contribution in [0.5, 0.6) is 0 Å². The second-order valence-corrected chi connectivity index (χ2v) is 6.37. The molecule has 1 fully saturated rings. The summed E-state index contributed by atoms with van der Waals surface area (Å²) in [6.07, 6.45) is 15.6. The van der Waals surface area contributed by atoms with Crippen molar-refractivity contribution in [1.82, 2.24) is 0 Å². The number of carbonyl (C=O) groups excluding carboxylic acids is 2. The fraction of sp³-hybridized carbons (Fsp3) is 0.789. The summed E-state index contributed by atoms with van der Waals surface area (Å²) in [6, 6.07) is 0. The number of allylic oxidation sites excluding steroid dienone is 2. The molecule has 0 aliphatic heterocycles. The summed E-state index contributed by atoms with van der Waals surface area (Å²) in [5.74, 6) is 1.25. The molecule has 0 aromatic heterocycles. The molecule has 2 atom stereocenters. The van der Waals surface area contributed by atoms with Crippen molar-refractivity contribution in [3.05, 3.63) is 12.2 Å². The number of Topliss-reactive ketones (excluding diaryl/α,β-unsaturated/α-hetero) is 1. The van der Waals surface area contributed by atoms with Crippen LogP contribution in [-0.2, 0) is 14.3 Å². The highest BCUT2D eigenvalue weighted by Gasteiger charge is 2.32. The zero-order chi connectivity index (χ0) is 16.2. The third kappa shape index (κ3) is 7.24. The molecule has 1 rings (SSSR count). The SMILES string of the molecule is CC/C=C\C[C@H]1C(=O)CC[C@@H]1CCCCCCCC(=O)OC. The molecule has 3 nitrogen and oxygen atoms in total. The lowest BCUT2D eigenvalue weighted by Gasteiger charge is -2.16. The number of esters is 1. The van der Waals surface area contributed by atoms with E-state index in [9.17, 15) is 9.59 Å². The summed E-state index contributed by atoms with van der Waals surface area (Å²) >= 11 is 0. The molecule has 1 aliphatic carbocycles. The van der Waals surface area contributed by atoms with E-state index in [2.05, 4.69) is 23.8 Å². The van der Waals surface area contributed by atoms with E-state index in [4.69, 9.17) is 0 Å². The Kier molecular flexibility index (Phi) is 9.85. The number of methoxy groups -OCH3 is 1. The van der Waals surface area contributed by atoms with Gasteiger partial charge in [-0.2, -0.15) is 0 Å². The molecule has 0 amide bonds. The lowest BCUT2D eigenvalue weighted by atomic mass is 9.87. The van der Waals surface area contributed by atoms with Gasteiger partial charge in [0.05, 0.1) is 7.11 Å². The summed E-state index contributed by atoms with van der Waals surface area (Å²) in [5.41, 5.74) is 0. The van der Waals surface area contributed by atoms with Gasteiger partial charge in [-0.25, -0.2) is 0 Å². The van der Waals surface area contributed by atoms with Gasteiger partial charge in [-0.3, -0.25) is 9.59 Å². The van der Waals surface area contributed by atoms with Crippen molar-refractivity contribution in [3.8, 4) is 0 Å². The van der Waals surface area contributed by atoms with E-state index in [1.165, 1.54) is 32.8 Å². The lowest BCUT2D eigenvalue weighted by Crippen LogP contribution is -2.14. The highest BCUT2D eigenvalue weighted by atomic mass is 16.5. The molecular weight excluding hydrogens is 276 g/mol. The van der Waals surface area contributed by atoms with Crippen LogP contribution in [0.3, 0.4) is 0 Å². The summed E-state index contributed by atoms with van der Waals surface area (Å²) in [7, 11) is 1.44. The normalized spacial score (nSPS) is 21.6. The molecule has 0 N–H and O–H groups in total. The fourth-order valence-electron chi connectivity index (χ4n) is 3.36. The van der Waals surface area contributed by atoms with Crippen LogP contribution in [0.1, 0.15) is 77.6 Å². The molecule has 22 heavy (non-hydrogen) atoms. The van der Waals surface area contributed by atoms with Gasteiger partial charge >= 0.3 is 5.97 Å². The largest absolute Gasteiger partial charge is 0.469 e. The van der Waals surface area contributed by atoms with Crippen LogP contribution in [0.2, 0.25) is 0 Å². The van der Waals surface area contributed by atoms with Gasteiger partial charge < -0.3 is 4.74 Å². The molecule has 0 aromatic carbocycles. The van der Waals surface area contributed by atoms with Crippen LogP contribution in [0.4, 0.5) is 0 Å². The topological polar surface area (TPSA) is 43.4 Å². The highest BCUT2D eigenvalue weighted by molar-refractivity contribution is 5.83. The van der Waals surface area contributed by atoms with Gasteiger partial charge in [0.1, 0.15) is 5.78 Å². The molecule has 1 saturated carbocycles. The van der Waals surface area contributed by atoms with E-state index in [1.807, 2.05) is 0 Å². The van der Waals surface area contributed by atoms with E-state index in [1.54, 1.807) is 0 Å². The predicted octanol–water partition coefficient (Wildman–Crippen LogP) is 4.84. The molecule has 0 spiro atoms. The molecule has 3 heteroatoms. The minimum absolute atomic E-state index is 0.104. The summed E-state index contributed by atoms with van der Waals surface area (Å²) in [6.45, 7) is 2.13. The highest BCUT2D eigenvalue weighted by Crippen LogP contribution is 2.35. The number of ether oxygens (including phenoxy) is 1. The first kappa shape index (κ1) is 18.9. The van der Waals surface area contributed by atoms with E-state index in [0.29, 0.717) is 18.1 Å². The average molecular weight is 308 g/mol. The third-order valence-corrected chi connectivity index (χ3v) is 4.72. The first-order valence-electron chi connectivity index (χ1n) is 8.93.